The van der Waals surface area contributed by atoms with Gasteiger partial charge in [-0.05, 0) is 37.1 Å². The highest BCUT2D eigenvalue weighted by Gasteiger charge is 2.08. The van der Waals surface area contributed by atoms with Crippen molar-refractivity contribution in [2.45, 2.75) is 20.3 Å². The average molecular weight is 337 g/mol. The maximum atomic E-state index is 5.83. The average Bonchev–Trinajstić information content (AvgIpc) is 2.43. The molecule has 0 atom stereocenters. The number of hydrogen-bond acceptors (Lipinski definition) is 4. The number of nitrogen functional groups attached to an aromatic ring is 1. The predicted molar refractivity (Wildman–Crippen MR) is 83.4 cm³/mol. The summed E-state index contributed by atoms with van der Waals surface area (Å²) < 4.78 is 12.2. The van der Waals surface area contributed by atoms with Crippen LogP contribution >= 0.6 is 15.9 Å². The van der Waals surface area contributed by atoms with Crippen LogP contribution in [0.2, 0.25) is 0 Å². The molecule has 0 fully saturated rings. The summed E-state index contributed by atoms with van der Waals surface area (Å²) in [5.41, 5.74) is 7.37. The van der Waals surface area contributed by atoms with Crippen LogP contribution in [0, 0.1) is 6.92 Å². The van der Waals surface area contributed by atoms with E-state index in [1.54, 1.807) is 12.1 Å². The van der Waals surface area contributed by atoms with Gasteiger partial charge in [0, 0.05) is 10.5 Å². The van der Waals surface area contributed by atoms with Gasteiger partial charge in [0.25, 0.3) is 0 Å². The summed E-state index contributed by atoms with van der Waals surface area (Å²) in [6.07, 6.45) is 0.900. The van der Waals surface area contributed by atoms with E-state index >= 15 is 0 Å². The molecule has 0 saturated carbocycles. The molecule has 0 bridgehead atoms. The summed E-state index contributed by atoms with van der Waals surface area (Å²) >= 11 is 3.42. The van der Waals surface area contributed by atoms with Crippen molar-refractivity contribution in [1.29, 1.82) is 0 Å². The molecule has 2 aromatic rings. The van der Waals surface area contributed by atoms with Crippen LogP contribution in [-0.2, 0) is 0 Å². The number of aromatic nitrogens is 1. The van der Waals surface area contributed by atoms with E-state index in [0.717, 1.165) is 22.2 Å². The van der Waals surface area contributed by atoms with E-state index in [1.807, 2.05) is 32.0 Å². The standard InChI is InChI=1S/C15H17BrN2O2/c1-3-8-19-15-12(17)6-7-14(18-15)20-13-9-11(16)5-4-10(13)2/h4-7,9H,3,8,17H2,1-2H3. The summed E-state index contributed by atoms with van der Waals surface area (Å²) in [6.45, 7) is 4.59. The van der Waals surface area contributed by atoms with E-state index in [4.69, 9.17) is 15.2 Å². The zero-order chi connectivity index (χ0) is 14.5. The second kappa shape index (κ2) is 6.61. The van der Waals surface area contributed by atoms with Crippen molar-refractivity contribution in [3.05, 3.63) is 40.4 Å². The van der Waals surface area contributed by atoms with E-state index in [0.29, 0.717) is 24.1 Å². The second-order valence-electron chi connectivity index (χ2n) is 4.40. The van der Waals surface area contributed by atoms with Crippen LogP contribution in [0.5, 0.6) is 17.5 Å². The lowest BCUT2D eigenvalue weighted by molar-refractivity contribution is 0.302. The van der Waals surface area contributed by atoms with Crippen LogP contribution in [0.25, 0.3) is 0 Å². The lowest BCUT2D eigenvalue weighted by atomic mass is 10.2. The number of pyridine rings is 1. The largest absolute Gasteiger partial charge is 0.476 e. The first kappa shape index (κ1) is 14.7. The van der Waals surface area contributed by atoms with Crippen molar-refractivity contribution < 1.29 is 9.47 Å². The summed E-state index contributed by atoms with van der Waals surface area (Å²) in [7, 11) is 0. The number of nitrogens with zero attached hydrogens (tertiary/aromatic N) is 1. The molecule has 5 heteroatoms. The van der Waals surface area contributed by atoms with Gasteiger partial charge in [-0.15, -0.1) is 0 Å². The van der Waals surface area contributed by atoms with E-state index in [1.165, 1.54) is 0 Å². The molecule has 2 rings (SSSR count). The lowest BCUT2D eigenvalue weighted by Gasteiger charge is -2.11. The van der Waals surface area contributed by atoms with Crippen LogP contribution in [0.3, 0.4) is 0 Å². The van der Waals surface area contributed by atoms with Gasteiger partial charge < -0.3 is 15.2 Å². The third-order valence-electron chi connectivity index (χ3n) is 2.67. The molecule has 0 spiro atoms. The second-order valence-corrected chi connectivity index (χ2v) is 5.32. The van der Waals surface area contributed by atoms with Gasteiger partial charge in [-0.1, -0.05) is 28.9 Å². The molecule has 2 N–H and O–H groups in total. The van der Waals surface area contributed by atoms with Crippen molar-refractivity contribution in [2.75, 3.05) is 12.3 Å². The fourth-order valence-corrected chi connectivity index (χ4v) is 1.94. The summed E-state index contributed by atoms with van der Waals surface area (Å²) in [5.74, 6) is 1.63. The van der Waals surface area contributed by atoms with Gasteiger partial charge in [0.1, 0.15) is 5.75 Å². The third kappa shape index (κ3) is 3.63. The molecule has 0 aliphatic carbocycles. The van der Waals surface area contributed by atoms with Crippen molar-refractivity contribution in [2.24, 2.45) is 0 Å². The molecule has 4 nitrogen and oxygen atoms in total. The maximum absolute atomic E-state index is 5.83. The van der Waals surface area contributed by atoms with Crippen LogP contribution in [0.1, 0.15) is 18.9 Å². The van der Waals surface area contributed by atoms with Gasteiger partial charge in [0.15, 0.2) is 0 Å². The van der Waals surface area contributed by atoms with Gasteiger partial charge in [-0.2, -0.15) is 4.98 Å². The SMILES string of the molecule is CCCOc1nc(Oc2cc(Br)ccc2C)ccc1N. The molecule has 0 aliphatic heterocycles. The summed E-state index contributed by atoms with van der Waals surface area (Å²) in [4.78, 5) is 4.29. The number of anilines is 1. The minimum absolute atomic E-state index is 0.414. The first-order valence-corrected chi connectivity index (χ1v) is 7.22. The Morgan fingerprint density at radius 3 is 2.80 bits per heavy atom. The minimum Gasteiger partial charge on any atom is -0.476 e. The molecule has 20 heavy (non-hydrogen) atoms. The van der Waals surface area contributed by atoms with Gasteiger partial charge in [0.2, 0.25) is 11.8 Å². The van der Waals surface area contributed by atoms with Crippen molar-refractivity contribution in [3.8, 4) is 17.5 Å². The fourth-order valence-electron chi connectivity index (χ4n) is 1.60. The number of halogens is 1. The minimum atomic E-state index is 0.414. The predicted octanol–water partition coefficient (Wildman–Crippen LogP) is 4.32. The molecule has 1 aromatic heterocycles. The Morgan fingerprint density at radius 1 is 1.25 bits per heavy atom. The van der Waals surface area contributed by atoms with E-state index in [-0.39, 0.29) is 0 Å². The number of benzene rings is 1. The maximum Gasteiger partial charge on any atom is 0.240 e. The Kier molecular flexibility index (Phi) is 4.84. The van der Waals surface area contributed by atoms with Crippen molar-refractivity contribution in [3.63, 3.8) is 0 Å². The summed E-state index contributed by atoms with van der Waals surface area (Å²) in [5, 5.41) is 0. The van der Waals surface area contributed by atoms with E-state index in [2.05, 4.69) is 20.9 Å². The fraction of sp³-hybridized carbons (Fsp3) is 0.267. The number of aryl methyl sites for hydroxylation is 1. The first-order valence-electron chi connectivity index (χ1n) is 6.43. The number of rotatable bonds is 5. The third-order valence-corrected chi connectivity index (χ3v) is 3.17. The number of nitrogens with two attached hydrogens (primary N) is 1. The lowest BCUT2D eigenvalue weighted by Crippen LogP contribution is -2.02. The number of hydrogen-bond donors (Lipinski definition) is 1. The highest BCUT2D eigenvalue weighted by molar-refractivity contribution is 9.10. The Hall–Kier alpha value is -1.75. The molecule has 0 unspecified atom stereocenters. The molecule has 0 saturated heterocycles. The van der Waals surface area contributed by atoms with E-state index < -0.39 is 0 Å². The normalized spacial score (nSPS) is 10.3. The molecule has 106 valence electrons. The quantitative estimate of drug-likeness (QED) is 0.883. The van der Waals surface area contributed by atoms with Gasteiger partial charge >= 0.3 is 0 Å². The molecule has 1 aromatic carbocycles. The van der Waals surface area contributed by atoms with Crippen molar-refractivity contribution >= 4 is 21.6 Å². The summed E-state index contributed by atoms with van der Waals surface area (Å²) in [6, 6.07) is 9.31. The topological polar surface area (TPSA) is 57.4 Å². The van der Waals surface area contributed by atoms with Gasteiger partial charge in [0.05, 0.1) is 12.3 Å². The molecule has 0 radical (unpaired) electrons. The molecule has 1 heterocycles. The first-order chi connectivity index (χ1) is 9.60. The molecule has 0 amide bonds. The smallest absolute Gasteiger partial charge is 0.240 e. The number of ether oxygens (including phenoxy) is 2. The van der Waals surface area contributed by atoms with Crippen LogP contribution in [0.4, 0.5) is 5.69 Å². The monoisotopic (exact) mass is 336 g/mol. The van der Waals surface area contributed by atoms with Crippen LogP contribution < -0.4 is 15.2 Å². The molecule has 0 aliphatic rings. The Labute approximate surface area is 127 Å². The van der Waals surface area contributed by atoms with Crippen LogP contribution in [0.15, 0.2) is 34.8 Å². The highest BCUT2D eigenvalue weighted by Crippen LogP contribution is 2.29. The zero-order valence-corrected chi connectivity index (χ0v) is 13.1. The van der Waals surface area contributed by atoms with Crippen LogP contribution in [-0.4, -0.2) is 11.6 Å². The Bertz CT molecular complexity index is 602. The van der Waals surface area contributed by atoms with Gasteiger partial charge in [-0.25, -0.2) is 0 Å². The molecular formula is C15H17BrN2O2. The Balaban J connectivity index is 2.22. The zero-order valence-electron chi connectivity index (χ0n) is 11.5. The van der Waals surface area contributed by atoms with Crippen molar-refractivity contribution in [1.82, 2.24) is 4.98 Å². The highest BCUT2D eigenvalue weighted by atomic mass is 79.9. The Morgan fingerprint density at radius 2 is 2.05 bits per heavy atom. The molecular weight excluding hydrogens is 320 g/mol. The van der Waals surface area contributed by atoms with Gasteiger partial charge in [-0.3, -0.25) is 0 Å². The van der Waals surface area contributed by atoms with E-state index in [9.17, 15) is 0 Å².